The number of aromatic amines is 1. The zero-order valence-electron chi connectivity index (χ0n) is 36.7. The molecule has 3 aromatic carbocycles. The number of nitrogens with two attached hydrogens (primary N) is 4. The van der Waals surface area contributed by atoms with Crippen LogP contribution in [0.2, 0.25) is 5.02 Å². The van der Waals surface area contributed by atoms with E-state index >= 15 is 0 Å². The van der Waals surface area contributed by atoms with Gasteiger partial charge in [0.1, 0.15) is 30.2 Å². The molecule has 18 nitrogen and oxygen atoms in total. The molecule has 0 saturated heterocycles. The monoisotopic (exact) mass is 915 g/mol. The Kier molecular flexibility index (Phi) is 21.2. The molecule has 5 atom stereocenters. The third-order valence-electron chi connectivity index (χ3n) is 10.5. The number of nitrogens with one attached hydrogen (secondary N) is 6. The van der Waals surface area contributed by atoms with Crippen molar-refractivity contribution in [3.63, 3.8) is 0 Å². The number of nitrogens with zero attached hydrogens (tertiary/aromatic N) is 1. The fraction of sp³-hybridized carbons (Fsp3) is 0.413. The van der Waals surface area contributed by atoms with Gasteiger partial charge in [0.25, 0.3) is 0 Å². The maximum atomic E-state index is 14.5. The van der Waals surface area contributed by atoms with Crippen LogP contribution in [0.25, 0.3) is 10.9 Å². The molecule has 0 bridgehead atoms. The lowest BCUT2D eigenvalue weighted by Crippen LogP contribution is -2.60. The number of aromatic nitrogens is 1. The first kappa shape index (κ1) is 51.1. The molecule has 4 rings (SSSR count). The zero-order chi connectivity index (χ0) is 47.1. The second-order valence-electron chi connectivity index (χ2n) is 15.7. The van der Waals surface area contributed by atoms with Crippen LogP contribution >= 0.6 is 11.6 Å². The first-order valence-electron chi connectivity index (χ1n) is 21.7. The number of guanidine groups is 1. The molecule has 1 heterocycles. The van der Waals surface area contributed by atoms with Crippen molar-refractivity contribution in [2.75, 3.05) is 19.7 Å². The SMILES string of the molecule is C[C@H](NC(=O)[C@H](Cc1c[nH]c2ccccc12)NC(=O)[C@H](CCCN=C(N)N)NC(=O)[C@@H](Cc1ccc(Cl)cc1)NC(=O)[C@H](COCc1ccccc1)NC(=O)CCCCCCN)C(N)=O. The summed E-state index contributed by atoms with van der Waals surface area (Å²) in [7, 11) is 0. The maximum Gasteiger partial charge on any atom is 0.245 e. The number of para-hydroxylation sites is 1. The van der Waals surface area contributed by atoms with E-state index in [0.717, 1.165) is 35.7 Å². The number of amides is 6. The van der Waals surface area contributed by atoms with Crippen molar-refractivity contribution < 1.29 is 33.5 Å². The molecule has 4 aromatic rings. The third-order valence-corrected chi connectivity index (χ3v) is 10.7. The van der Waals surface area contributed by atoms with Crippen molar-refractivity contribution in [1.82, 2.24) is 31.6 Å². The second kappa shape index (κ2) is 27.0. The summed E-state index contributed by atoms with van der Waals surface area (Å²) in [5, 5.41) is 14.9. The molecule has 0 aliphatic rings. The molecule has 6 amide bonds. The molecule has 0 saturated carbocycles. The Morgan fingerprint density at radius 3 is 1.98 bits per heavy atom. The zero-order valence-corrected chi connectivity index (χ0v) is 37.4. The van der Waals surface area contributed by atoms with Gasteiger partial charge < -0.3 is 59.2 Å². The molecule has 0 radical (unpaired) electrons. The van der Waals surface area contributed by atoms with Crippen LogP contribution in [-0.2, 0) is 53.0 Å². The van der Waals surface area contributed by atoms with Crippen molar-refractivity contribution in [2.45, 2.75) is 102 Å². The van der Waals surface area contributed by atoms with Crippen LogP contribution in [0.15, 0.2) is 90.1 Å². The van der Waals surface area contributed by atoms with E-state index in [4.69, 9.17) is 39.3 Å². The van der Waals surface area contributed by atoms with Gasteiger partial charge in [0.2, 0.25) is 35.4 Å². The van der Waals surface area contributed by atoms with E-state index in [-0.39, 0.29) is 63.7 Å². The summed E-state index contributed by atoms with van der Waals surface area (Å²) < 4.78 is 5.91. The Hall–Kier alpha value is -6.50. The lowest BCUT2D eigenvalue weighted by atomic mass is 10.0. The molecule has 350 valence electrons. The highest BCUT2D eigenvalue weighted by atomic mass is 35.5. The summed E-state index contributed by atoms with van der Waals surface area (Å²) in [6, 6.07) is 17.3. The molecule has 14 N–H and O–H groups in total. The van der Waals surface area contributed by atoms with Crippen molar-refractivity contribution in [2.24, 2.45) is 27.9 Å². The highest BCUT2D eigenvalue weighted by Crippen LogP contribution is 2.20. The van der Waals surface area contributed by atoms with Gasteiger partial charge >= 0.3 is 0 Å². The van der Waals surface area contributed by atoms with Crippen LogP contribution in [-0.4, -0.2) is 96.3 Å². The van der Waals surface area contributed by atoms with Gasteiger partial charge in [-0.15, -0.1) is 0 Å². The number of benzene rings is 3. The molecule has 0 unspecified atom stereocenters. The number of rotatable bonds is 28. The first-order valence-corrected chi connectivity index (χ1v) is 22.1. The van der Waals surface area contributed by atoms with Crippen LogP contribution in [0.3, 0.4) is 0 Å². The van der Waals surface area contributed by atoms with E-state index in [2.05, 4.69) is 36.6 Å². The van der Waals surface area contributed by atoms with Gasteiger partial charge in [0, 0.05) is 47.9 Å². The molecule has 0 spiro atoms. The minimum Gasteiger partial charge on any atom is -0.374 e. The number of halogens is 1. The van der Waals surface area contributed by atoms with Crippen molar-refractivity contribution in [1.29, 1.82) is 0 Å². The number of hydrogen-bond donors (Lipinski definition) is 10. The Bertz CT molecular complexity index is 2200. The maximum absolute atomic E-state index is 14.5. The summed E-state index contributed by atoms with van der Waals surface area (Å²) in [4.78, 5) is 88.9. The van der Waals surface area contributed by atoms with E-state index in [0.29, 0.717) is 29.1 Å². The first-order chi connectivity index (χ1) is 31.2. The highest BCUT2D eigenvalue weighted by molar-refractivity contribution is 6.30. The van der Waals surface area contributed by atoms with Gasteiger partial charge in [0.15, 0.2) is 5.96 Å². The Balaban J connectivity index is 1.61. The highest BCUT2D eigenvalue weighted by Gasteiger charge is 2.32. The number of H-pyrrole nitrogens is 1. The predicted molar refractivity (Wildman–Crippen MR) is 250 cm³/mol. The van der Waals surface area contributed by atoms with Gasteiger partial charge in [0.05, 0.1) is 13.2 Å². The van der Waals surface area contributed by atoms with Crippen molar-refractivity contribution in [3.8, 4) is 0 Å². The number of carbonyl (C=O) groups excluding carboxylic acids is 6. The average molecular weight is 917 g/mol. The summed E-state index contributed by atoms with van der Waals surface area (Å²) in [5.41, 5.74) is 25.1. The van der Waals surface area contributed by atoms with Crippen molar-refractivity contribution in [3.05, 3.63) is 107 Å². The van der Waals surface area contributed by atoms with E-state index < -0.39 is 59.7 Å². The van der Waals surface area contributed by atoms with Gasteiger partial charge in [-0.3, -0.25) is 33.8 Å². The van der Waals surface area contributed by atoms with E-state index in [9.17, 15) is 28.8 Å². The minimum absolute atomic E-state index is 0.00410. The van der Waals surface area contributed by atoms with Crippen LogP contribution in [0.4, 0.5) is 0 Å². The van der Waals surface area contributed by atoms with E-state index in [1.807, 2.05) is 54.6 Å². The topological polar surface area (TPSA) is 304 Å². The summed E-state index contributed by atoms with van der Waals surface area (Å²) in [6.07, 6.45) is 5.17. The fourth-order valence-electron chi connectivity index (χ4n) is 6.87. The van der Waals surface area contributed by atoms with Crippen molar-refractivity contribution >= 4 is 63.9 Å². The predicted octanol–water partition coefficient (Wildman–Crippen LogP) is 1.72. The lowest BCUT2D eigenvalue weighted by Gasteiger charge is -2.27. The second-order valence-corrected chi connectivity index (χ2v) is 16.2. The Labute approximate surface area is 383 Å². The molecular weight excluding hydrogens is 854 g/mol. The van der Waals surface area contributed by atoms with Crippen LogP contribution in [0.5, 0.6) is 0 Å². The molecule has 0 aliphatic heterocycles. The summed E-state index contributed by atoms with van der Waals surface area (Å²) in [5.74, 6) is -4.18. The van der Waals surface area contributed by atoms with Crippen LogP contribution in [0, 0.1) is 0 Å². The quantitative estimate of drug-likeness (QED) is 0.0224. The van der Waals surface area contributed by atoms with Gasteiger partial charge in [-0.1, -0.05) is 85.1 Å². The minimum atomic E-state index is -1.29. The number of ether oxygens (including phenoxy) is 1. The number of hydrogen-bond acceptors (Lipinski definition) is 9. The Morgan fingerprint density at radius 1 is 0.677 bits per heavy atom. The molecular formula is C46H62ClN11O7. The summed E-state index contributed by atoms with van der Waals surface area (Å²) in [6.45, 7) is 2.04. The smallest absolute Gasteiger partial charge is 0.245 e. The third kappa shape index (κ3) is 17.9. The number of primary amides is 1. The van der Waals surface area contributed by atoms with E-state index in [1.165, 1.54) is 6.92 Å². The number of carbonyl (C=O) groups is 6. The fourth-order valence-corrected chi connectivity index (χ4v) is 7.00. The standard InChI is InChI=1S/C46H62ClN11O7/c1-29(41(49)60)54-43(62)38(25-32-26-53-35-15-9-8-14-34(32)35)58-42(61)36(16-11-23-52-46(50)51)56-44(63)37(24-30-18-20-33(47)21-19-30)57-45(64)39(28-65-27-31-12-5-4-6-13-31)55-40(59)17-7-2-3-10-22-48/h4-6,8-9,12-15,18-21,26,29,36-39,53H,2-3,7,10-11,16-17,22-25,27-28,48H2,1H3,(H2,49,60)(H,54,62)(H,55,59)(H,56,63)(H,57,64)(H,58,61)(H4,50,51,52)/t29-,36-,37+,38-,39-/m0/s1. The van der Waals surface area contributed by atoms with Gasteiger partial charge in [-0.05, 0) is 74.0 Å². The molecule has 0 aliphatic carbocycles. The molecule has 0 fully saturated rings. The molecule has 19 heteroatoms. The normalized spacial score (nSPS) is 13.3. The van der Waals surface area contributed by atoms with Crippen LogP contribution < -0.4 is 49.5 Å². The lowest BCUT2D eigenvalue weighted by molar-refractivity contribution is -0.135. The number of unbranched alkanes of at least 4 members (excludes halogenated alkanes) is 3. The van der Waals surface area contributed by atoms with Crippen LogP contribution in [0.1, 0.15) is 68.6 Å². The number of aliphatic imine (C=N–C) groups is 1. The molecule has 65 heavy (non-hydrogen) atoms. The van der Waals surface area contributed by atoms with Gasteiger partial charge in [-0.2, -0.15) is 0 Å². The van der Waals surface area contributed by atoms with Gasteiger partial charge in [-0.25, -0.2) is 0 Å². The van der Waals surface area contributed by atoms with E-state index in [1.54, 1.807) is 30.5 Å². The Morgan fingerprint density at radius 2 is 1.29 bits per heavy atom. The average Bonchev–Trinajstić information content (AvgIpc) is 3.69. The number of fused-ring (bicyclic) bond motifs is 1. The molecule has 1 aromatic heterocycles. The summed E-state index contributed by atoms with van der Waals surface area (Å²) >= 11 is 6.17. The largest absolute Gasteiger partial charge is 0.374 e.